The Balaban J connectivity index is 2.88. The van der Waals surface area contributed by atoms with Gasteiger partial charge < -0.3 is 11.1 Å². The molecule has 0 aromatic carbocycles. The molecule has 1 aromatic rings. The highest BCUT2D eigenvalue weighted by molar-refractivity contribution is 6.30. The molecule has 0 saturated heterocycles. The average molecular weight is 183 g/mol. The van der Waals surface area contributed by atoms with Crippen LogP contribution in [0.4, 0.5) is 0 Å². The fraction of sp³-hybridized carbons (Fsp3) is 0.143. The van der Waals surface area contributed by atoms with Crippen LogP contribution in [-0.4, -0.2) is 4.98 Å². The monoisotopic (exact) mass is 182 g/mol. The number of nitrogens with two attached hydrogens (primary N) is 1. The zero-order valence-corrected chi connectivity index (χ0v) is 6.92. The summed E-state index contributed by atoms with van der Waals surface area (Å²) < 4.78 is 0. The maximum absolute atomic E-state index is 8.28. The minimum absolute atomic E-state index is 0.313. The van der Waals surface area contributed by atoms with Gasteiger partial charge >= 0.3 is 0 Å². The summed E-state index contributed by atoms with van der Waals surface area (Å²) in [6, 6.07) is 3.42. The molecule has 0 spiro atoms. The van der Waals surface area contributed by atoms with E-state index in [1.807, 2.05) is 0 Å². The molecule has 1 atom stereocenters. The molecule has 62 valence electrons. The summed E-state index contributed by atoms with van der Waals surface area (Å²) in [5.74, 6) is 0. The summed E-state index contributed by atoms with van der Waals surface area (Å²) in [4.78, 5) is 3.82. The van der Waals surface area contributed by atoms with E-state index in [-0.39, 0.29) is 0 Å². The molecule has 0 radical (unpaired) electrons. The van der Waals surface area contributed by atoms with E-state index in [0.29, 0.717) is 10.7 Å². The molecule has 4 nitrogen and oxygen atoms in total. The molecule has 1 unspecified atom stereocenters. The van der Waals surface area contributed by atoms with Gasteiger partial charge in [-0.3, -0.25) is 0 Å². The van der Waals surface area contributed by atoms with Crippen LogP contribution in [0.3, 0.4) is 0 Å². The van der Waals surface area contributed by atoms with Gasteiger partial charge in [-0.05, 0) is 6.07 Å². The van der Waals surface area contributed by atoms with E-state index < -0.39 is 6.17 Å². The third-order valence-electron chi connectivity index (χ3n) is 1.34. The number of hydrogen-bond acceptors (Lipinski definition) is 4. The van der Waals surface area contributed by atoms with Crippen LogP contribution in [0.25, 0.3) is 0 Å². The van der Waals surface area contributed by atoms with Crippen LogP contribution in [0.2, 0.25) is 5.15 Å². The van der Waals surface area contributed by atoms with Gasteiger partial charge in [0.1, 0.15) is 11.3 Å². The lowest BCUT2D eigenvalue weighted by atomic mass is 10.2. The van der Waals surface area contributed by atoms with Gasteiger partial charge in [0.25, 0.3) is 0 Å². The van der Waals surface area contributed by atoms with E-state index in [2.05, 4.69) is 10.3 Å². The molecule has 0 aliphatic rings. The van der Waals surface area contributed by atoms with Crippen molar-refractivity contribution in [2.75, 3.05) is 0 Å². The first-order valence-corrected chi connectivity index (χ1v) is 3.64. The van der Waals surface area contributed by atoms with Gasteiger partial charge in [0, 0.05) is 11.8 Å². The number of hydrogen-bond donors (Lipinski definition) is 2. The van der Waals surface area contributed by atoms with Gasteiger partial charge in [-0.1, -0.05) is 17.7 Å². The van der Waals surface area contributed by atoms with Gasteiger partial charge in [-0.2, -0.15) is 5.26 Å². The Morgan fingerprint density at radius 1 is 1.75 bits per heavy atom. The van der Waals surface area contributed by atoms with Gasteiger partial charge in [0.15, 0.2) is 6.19 Å². The molecule has 0 bridgehead atoms. The molecule has 12 heavy (non-hydrogen) atoms. The van der Waals surface area contributed by atoms with Crippen molar-refractivity contribution < 1.29 is 0 Å². The molecule has 0 amide bonds. The van der Waals surface area contributed by atoms with E-state index >= 15 is 0 Å². The van der Waals surface area contributed by atoms with Crippen molar-refractivity contribution >= 4 is 11.6 Å². The fourth-order valence-electron chi connectivity index (χ4n) is 0.778. The Morgan fingerprint density at radius 3 is 3.08 bits per heavy atom. The highest BCUT2D eigenvalue weighted by Gasteiger charge is 2.08. The second kappa shape index (κ2) is 3.90. The van der Waals surface area contributed by atoms with Crippen molar-refractivity contribution in [2.45, 2.75) is 6.17 Å². The first kappa shape index (κ1) is 8.78. The van der Waals surface area contributed by atoms with Gasteiger partial charge in [0.05, 0.1) is 0 Å². The summed E-state index contributed by atoms with van der Waals surface area (Å²) in [6.07, 6.45) is 2.71. The van der Waals surface area contributed by atoms with E-state index in [0.717, 1.165) is 0 Å². The molecular weight excluding hydrogens is 176 g/mol. The van der Waals surface area contributed by atoms with Crippen LogP contribution in [0, 0.1) is 11.5 Å². The smallest absolute Gasteiger partial charge is 0.178 e. The van der Waals surface area contributed by atoms with E-state index in [1.165, 1.54) is 0 Å². The predicted molar refractivity (Wildman–Crippen MR) is 44.9 cm³/mol. The van der Waals surface area contributed by atoms with Crippen molar-refractivity contribution in [3.05, 3.63) is 29.0 Å². The Bertz CT molecular complexity index is 307. The number of rotatable bonds is 2. The van der Waals surface area contributed by atoms with Crippen molar-refractivity contribution in [2.24, 2.45) is 5.73 Å². The predicted octanol–water partition coefficient (Wildman–Crippen LogP) is 0.763. The fourth-order valence-corrected chi connectivity index (χ4v) is 1.01. The SMILES string of the molecule is N#CNC(N)c1cccnc1Cl. The third kappa shape index (κ3) is 1.84. The number of nitrogens with zero attached hydrogens (tertiary/aromatic N) is 2. The zero-order valence-electron chi connectivity index (χ0n) is 6.16. The van der Waals surface area contributed by atoms with Crippen molar-refractivity contribution in [3.63, 3.8) is 0 Å². The average Bonchev–Trinajstić information content (AvgIpc) is 2.05. The summed E-state index contributed by atoms with van der Waals surface area (Å²) in [7, 11) is 0. The standard InChI is InChI=1S/C7H7ClN4/c8-6-5(2-1-3-11-6)7(10)12-4-9/h1-3,7,12H,10H2. The largest absolute Gasteiger partial charge is 0.307 e. The quantitative estimate of drug-likeness (QED) is 0.307. The molecule has 0 saturated carbocycles. The molecule has 3 N–H and O–H groups in total. The van der Waals surface area contributed by atoms with Crippen LogP contribution < -0.4 is 11.1 Å². The number of nitriles is 1. The second-order valence-electron chi connectivity index (χ2n) is 2.12. The maximum Gasteiger partial charge on any atom is 0.178 e. The van der Waals surface area contributed by atoms with Gasteiger partial charge in [0.2, 0.25) is 0 Å². The molecule has 0 aliphatic carbocycles. The molecule has 1 aromatic heterocycles. The highest BCUT2D eigenvalue weighted by Crippen LogP contribution is 2.15. The topological polar surface area (TPSA) is 74.7 Å². The lowest BCUT2D eigenvalue weighted by Gasteiger charge is -2.09. The summed E-state index contributed by atoms with van der Waals surface area (Å²) in [5.41, 5.74) is 6.16. The van der Waals surface area contributed by atoms with Gasteiger partial charge in [-0.15, -0.1) is 0 Å². The second-order valence-corrected chi connectivity index (χ2v) is 2.48. The number of pyridine rings is 1. The lowest BCUT2D eigenvalue weighted by Crippen LogP contribution is -2.24. The van der Waals surface area contributed by atoms with Crippen molar-refractivity contribution in [1.29, 1.82) is 5.26 Å². The molecule has 1 heterocycles. The lowest BCUT2D eigenvalue weighted by molar-refractivity contribution is 0.661. The summed E-state index contributed by atoms with van der Waals surface area (Å²) in [5, 5.41) is 11.0. The first-order chi connectivity index (χ1) is 5.75. The van der Waals surface area contributed by atoms with Crippen LogP contribution in [0.1, 0.15) is 11.7 Å². The number of aromatic nitrogens is 1. The zero-order chi connectivity index (χ0) is 8.97. The Hall–Kier alpha value is -1.31. The van der Waals surface area contributed by atoms with Crippen LogP contribution >= 0.6 is 11.6 Å². The highest BCUT2D eigenvalue weighted by atomic mass is 35.5. The molecule has 5 heteroatoms. The van der Waals surface area contributed by atoms with Crippen LogP contribution in [-0.2, 0) is 0 Å². The Kier molecular flexibility index (Phi) is 2.86. The van der Waals surface area contributed by atoms with E-state index in [4.69, 9.17) is 22.6 Å². The minimum Gasteiger partial charge on any atom is -0.307 e. The molecule has 0 aliphatic heterocycles. The number of halogens is 1. The minimum atomic E-state index is -0.587. The van der Waals surface area contributed by atoms with Gasteiger partial charge in [-0.25, -0.2) is 4.98 Å². The molecule has 1 rings (SSSR count). The van der Waals surface area contributed by atoms with E-state index in [1.54, 1.807) is 24.5 Å². The van der Waals surface area contributed by atoms with Crippen molar-refractivity contribution in [1.82, 2.24) is 10.3 Å². The Labute approximate surface area is 75.0 Å². The molecular formula is C7H7ClN4. The summed E-state index contributed by atoms with van der Waals surface area (Å²) >= 11 is 5.71. The Morgan fingerprint density at radius 2 is 2.50 bits per heavy atom. The van der Waals surface area contributed by atoms with Crippen LogP contribution in [0.15, 0.2) is 18.3 Å². The first-order valence-electron chi connectivity index (χ1n) is 3.26. The third-order valence-corrected chi connectivity index (χ3v) is 1.66. The normalized spacial score (nSPS) is 11.8. The van der Waals surface area contributed by atoms with E-state index in [9.17, 15) is 0 Å². The summed E-state index contributed by atoms with van der Waals surface area (Å²) in [6.45, 7) is 0. The van der Waals surface area contributed by atoms with Crippen LogP contribution in [0.5, 0.6) is 0 Å². The number of nitrogens with one attached hydrogen (secondary N) is 1. The van der Waals surface area contributed by atoms with Crippen molar-refractivity contribution in [3.8, 4) is 6.19 Å². The maximum atomic E-state index is 8.28. The molecule has 0 fully saturated rings.